The van der Waals surface area contributed by atoms with Crippen molar-refractivity contribution in [3.05, 3.63) is 35.9 Å². The van der Waals surface area contributed by atoms with Crippen LogP contribution in [0, 0.1) is 5.92 Å². The first-order valence-corrected chi connectivity index (χ1v) is 8.73. The standard InChI is InChI=1S/C19H28N2O3/c1-15-17(10-11-18(22)21(15)13-14-24-2)19(23)20-12-6-9-16-7-4-3-5-8-16/h3-5,7-8,15,17H,6,9-14H2,1-2H3,(H,20,23)/t15-,17-/m1/s1. The van der Waals surface area contributed by atoms with Crippen molar-refractivity contribution in [3.63, 3.8) is 0 Å². The van der Waals surface area contributed by atoms with E-state index in [2.05, 4.69) is 17.4 Å². The third-order valence-electron chi connectivity index (χ3n) is 4.72. The number of benzene rings is 1. The summed E-state index contributed by atoms with van der Waals surface area (Å²) in [6.45, 7) is 3.68. The van der Waals surface area contributed by atoms with Crippen LogP contribution in [-0.4, -0.2) is 49.6 Å². The normalized spacial score (nSPS) is 20.9. The summed E-state index contributed by atoms with van der Waals surface area (Å²) >= 11 is 0. The fourth-order valence-electron chi connectivity index (χ4n) is 3.26. The maximum atomic E-state index is 12.5. The molecule has 0 aromatic heterocycles. The second-order valence-corrected chi connectivity index (χ2v) is 6.35. The van der Waals surface area contributed by atoms with Gasteiger partial charge in [-0.15, -0.1) is 0 Å². The van der Waals surface area contributed by atoms with Crippen LogP contribution in [0.15, 0.2) is 30.3 Å². The smallest absolute Gasteiger partial charge is 0.225 e. The second-order valence-electron chi connectivity index (χ2n) is 6.35. The van der Waals surface area contributed by atoms with Crippen molar-refractivity contribution in [2.75, 3.05) is 26.8 Å². The Bertz CT molecular complexity index is 533. The first-order chi connectivity index (χ1) is 11.6. The zero-order valence-electron chi connectivity index (χ0n) is 14.7. The number of ether oxygens (including phenoxy) is 1. The molecule has 0 unspecified atom stereocenters. The number of nitrogens with zero attached hydrogens (tertiary/aromatic N) is 1. The molecule has 0 radical (unpaired) electrons. The monoisotopic (exact) mass is 332 g/mol. The number of methoxy groups -OCH3 is 1. The van der Waals surface area contributed by atoms with Crippen LogP contribution < -0.4 is 5.32 Å². The minimum absolute atomic E-state index is 0.0606. The molecule has 0 aliphatic carbocycles. The van der Waals surface area contributed by atoms with Gasteiger partial charge in [-0.1, -0.05) is 30.3 Å². The number of carbonyl (C=O) groups excluding carboxylic acids is 2. The van der Waals surface area contributed by atoms with E-state index in [-0.39, 0.29) is 23.8 Å². The molecular weight excluding hydrogens is 304 g/mol. The van der Waals surface area contributed by atoms with Gasteiger partial charge in [-0.3, -0.25) is 9.59 Å². The molecule has 0 bridgehead atoms. The van der Waals surface area contributed by atoms with Crippen LogP contribution in [0.3, 0.4) is 0 Å². The third-order valence-corrected chi connectivity index (χ3v) is 4.72. The summed E-state index contributed by atoms with van der Waals surface area (Å²) in [4.78, 5) is 26.3. The summed E-state index contributed by atoms with van der Waals surface area (Å²) in [6, 6.07) is 10.2. The minimum Gasteiger partial charge on any atom is -0.383 e. The highest BCUT2D eigenvalue weighted by atomic mass is 16.5. The predicted octanol–water partition coefficient (Wildman–Crippen LogP) is 2.01. The highest BCUT2D eigenvalue weighted by molar-refractivity contribution is 5.84. The van der Waals surface area contributed by atoms with Gasteiger partial charge in [-0.2, -0.15) is 0 Å². The molecular formula is C19H28N2O3. The molecule has 1 heterocycles. The lowest BCUT2D eigenvalue weighted by atomic mass is 9.89. The van der Waals surface area contributed by atoms with Gasteiger partial charge in [0.25, 0.3) is 0 Å². The van der Waals surface area contributed by atoms with Gasteiger partial charge in [0.2, 0.25) is 11.8 Å². The van der Waals surface area contributed by atoms with E-state index in [0.29, 0.717) is 32.5 Å². The van der Waals surface area contributed by atoms with Crippen LogP contribution in [0.1, 0.15) is 31.7 Å². The van der Waals surface area contributed by atoms with Crippen LogP contribution in [0.4, 0.5) is 0 Å². The molecule has 2 amide bonds. The fraction of sp³-hybridized carbons (Fsp3) is 0.579. The topological polar surface area (TPSA) is 58.6 Å². The lowest BCUT2D eigenvalue weighted by Crippen LogP contribution is -2.52. The molecule has 5 heteroatoms. The lowest BCUT2D eigenvalue weighted by Gasteiger charge is -2.38. The van der Waals surface area contributed by atoms with E-state index in [1.165, 1.54) is 5.56 Å². The average Bonchev–Trinajstić information content (AvgIpc) is 2.59. The Hall–Kier alpha value is -1.88. The molecule has 24 heavy (non-hydrogen) atoms. The van der Waals surface area contributed by atoms with E-state index in [1.807, 2.05) is 25.1 Å². The zero-order chi connectivity index (χ0) is 17.4. The van der Waals surface area contributed by atoms with Gasteiger partial charge in [0.15, 0.2) is 0 Å². The Morgan fingerprint density at radius 2 is 2.08 bits per heavy atom. The van der Waals surface area contributed by atoms with E-state index >= 15 is 0 Å². The van der Waals surface area contributed by atoms with Crippen molar-refractivity contribution in [1.82, 2.24) is 10.2 Å². The van der Waals surface area contributed by atoms with E-state index in [0.717, 1.165) is 12.8 Å². The average molecular weight is 332 g/mol. The quantitative estimate of drug-likeness (QED) is 0.741. The van der Waals surface area contributed by atoms with Crippen LogP contribution in [0.2, 0.25) is 0 Å². The number of piperidine rings is 1. The molecule has 2 atom stereocenters. The van der Waals surface area contributed by atoms with Crippen molar-refractivity contribution < 1.29 is 14.3 Å². The number of hydrogen-bond donors (Lipinski definition) is 1. The Balaban J connectivity index is 1.77. The molecule has 1 aromatic carbocycles. The van der Waals surface area contributed by atoms with Crippen LogP contribution in [0.5, 0.6) is 0 Å². The molecule has 1 saturated heterocycles. The number of amides is 2. The van der Waals surface area contributed by atoms with Crippen molar-refractivity contribution >= 4 is 11.8 Å². The summed E-state index contributed by atoms with van der Waals surface area (Å²) < 4.78 is 5.06. The Labute approximate surface area is 144 Å². The van der Waals surface area contributed by atoms with Crippen LogP contribution >= 0.6 is 0 Å². The molecule has 0 spiro atoms. The van der Waals surface area contributed by atoms with Crippen molar-refractivity contribution in [2.24, 2.45) is 5.92 Å². The molecule has 132 valence electrons. The van der Waals surface area contributed by atoms with Crippen molar-refractivity contribution in [1.29, 1.82) is 0 Å². The fourth-order valence-corrected chi connectivity index (χ4v) is 3.26. The Morgan fingerprint density at radius 3 is 2.79 bits per heavy atom. The molecule has 1 fully saturated rings. The largest absolute Gasteiger partial charge is 0.383 e. The summed E-state index contributed by atoms with van der Waals surface area (Å²) in [7, 11) is 1.62. The number of rotatable bonds is 8. The Morgan fingerprint density at radius 1 is 1.33 bits per heavy atom. The first kappa shape index (κ1) is 18.5. The van der Waals surface area contributed by atoms with E-state index in [9.17, 15) is 9.59 Å². The van der Waals surface area contributed by atoms with Crippen LogP contribution in [0.25, 0.3) is 0 Å². The third kappa shape index (κ3) is 5.06. The number of hydrogen-bond acceptors (Lipinski definition) is 3. The SMILES string of the molecule is COCCN1C(=O)CC[C@@H](C(=O)NCCCc2ccccc2)[C@H]1C. The van der Waals surface area contributed by atoms with Crippen LogP contribution in [-0.2, 0) is 20.7 Å². The lowest BCUT2D eigenvalue weighted by molar-refractivity contribution is -0.143. The van der Waals surface area contributed by atoms with Gasteiger partial charge in [0.1, 0.15) is 0 Å². The van der Waals surface area contributed by atoms with Gasteiger partial charge in [-0.25, -0.2) is 0 Å². The van der Waals surface area contributed by atoms with E-state index in [4.69, 9.17) is 4.74 Å². The van der Waals surface area contributed by atoms with E-state index in [1.54, 1.807) is 12.0 Å². The molecule has 1 aliphatic rings. The molecule has 1 aliphatic heterocycles. The molecule has 5 nitrogen and oxygen atoms in total. The first-order valence-electron chi connectivity index (χ1n) is 8.73. The minimum atomic E-state index is -0.128. The van der Waals surface area contributed by atoms with Gasteiger partial charge < -0.3 is 15.0 Å². The number of nitrogens with one attached hydrogen (secondary N) is 1. The molecule has 2 rings (SSSR count). The molecule has 1 aromatic rings. The van der Waals surface area contributed by atoms with Gasteiger partial charge in [0, 0.05) is 32.7 Å². The van der Waals surface area contributed by atoms with Crippen molar-refractivity contribution in [3.8, 4) is 0 Å². The predicted molar refractivity (Wildman–Crippen MR) is 93.5 cm³/mol. The zero-order valence-corrected chi connectivity index (χ0v) is 14.7. The second kappa shape index (κ2) is 9.42. The summed E-state index contributed by atoms with van der Waals surface area (Å²) in [6.07, 6.45) is 2.95. The van der Waals surface area contributed by atoms with Crippen molar-refractivity contribution in [2.45, 2.75) is 38.6 Å². The maximum Gasteiger partial charge on any atom is 0.225 e. The molecule has 1 N–H and O–H groups in total. The Kier molecular flexibility index (Phi) is 7.25. The highest BCUT2D eigenvalue weighted by Crippen LogP contribution is 2.24. The van der Waals surface area contributed by atoms with Gasteiger partial charge in [-0.05, 0) is 31.7 Å². The number of likely N-dealkylation sites (tertiary alicyclic amines) is 1. The highest BCUT2D eigenvalue weighted by Gasteiger charge is 2.36. The van der Waals surface area contributed by atoms with Gasteiger partial charge in [0.05, 0.1) is 12.5 Å². The van der Waals surface area contributed by atoms with Gasteiger partial charge >= 0.3 is 0 Å². The summed E-state index contributed by atoms with van der Waals surface area (Å²) in [5, 5.41) is 3.04. The number of aryl methyl sites for hydroxylation is 1. The number of carbonyl (C=O) groups is 2. The summed E-state index contributed by atoms with van der Waals surface area (Å²) in [5.74, 6) is 0.0504. The summed E-state index contributed by atoms with van der Waals surface area (Å²) in [5.41, 5.74) is 1.29. The maximum absolute atomic E-state index is 12.5. The molecule has 0 saturated carbocycles. The van der Waals surface area contributed by atoms with E-state index < -0.39 is 0 Å².